The third kappa shape index (κ3) is 13.1. The van der Waals surface area contributed by atoms with E-state index in [1.165, 1.54) is 3.57 Å². The van der Waals surface area contributed by atoms with E-state index in [1.54, 1.807) is 33.2 Å². The Hall–Kier alpha value is -5.83. The molecule has 4 fully saturated rings. The van der Waals surface area contributed by atoms with Crippen LogP contribution in [0.4, 0.5) is 0 Å². The number of aliphatic hydroxyl groups excluding tert-OH is 1. The lowest BCUT2D eigenvalue weighted by Crippen LogP contribution is -2.41. The molecule has 4 aliphatic rings. The number of aromatic nitrogens is 6. The number of benzene rings is 2. The predicted octanol–water partition coefficient (Wildman–Crippen LogP) is 11.3. The number of halogens is 1. The number of fused-ring (bicyclic) bond motifs is 2. The highest BCUT2D eigenvalue weighted by molar-refractivity contribution is 14.1. The second kappa shape index (κ2) is 24.7. The van der Waals surface area contributed by atoms with E-state index in [-0.39, 0.29) is 51.3 Å². The number of hydrogen-bond acceptors (Lipinski definition) is 11. The quantitative estimate of drug-likeness (QED) is 0.0675. The molecule has 6 heterocycles. The van der Waals surface area contributed by atoms with Crippen molar-refractivity contribution in [2.45, 2.75) is 119 Å². The Morgan fingerprint density at radius 3 is 1.72 bits per heavy atom. The van der Waals surface area contributed by atoms with Crippen LogP contribution in [-0.4, -0.2) is 97.2 Å². The number of aliphatic hydroxyl groups is 1. The Morgan fingerprint density at radius 2 is 1.28 bits per heavy atom. The molecule has 0 radical (unpaired) electrons. The molecule has 6 aromatic rings. The van der Waals surface area contributed by atoms with E-state index in [2.05, 4.69) is 137 Å². The van der Waals surface area contributed by atoms with Gasteiger partial charge in [0.25, 0.3) is 0 Å². The maximum absolute atomic E-state index is 11.5. The number of terminal acetylenes is 1. The lowest BCUT2D eigenvalue weighted by Gasteiger charge is -2.38. The minimum Gasteiger partial charge on any atom is -0.407 e. The Kier molecular flexibility index (Phi) is 19.3. The van der Waals surface area contributed by atoms with Crippen molar-refractivity contribution in [1.29, 1.82) is 0 Å². The summed E-state index contributed by atoms with van der Waals surface area (Å²) < 4.78 is 23.1. The summed E-state index contributed by atoms with van der Waals surface area (Å²) in [5.74, 6) is 15.9. The molecule has 76 heavy (non-hydrogen) atoms. The SMILES string of the molecule is C.C.C#CC1[C@H]2CN(C(C)=O)C[C@@H]12.CC(=O)N1C[C@@H]2C(C#Cc3ccc(-c4cc([C@@H](CN)n5ccnc5[C@H](C)O)no4)cc3)[C@@H]2C1.CC[C@H](c1cc(-c2ccc(I)cc2)on1)n1ccnc1[C@H](C)O[Si](C)(C)C(C)(C)C.[HH]. The van der Waals surface area contributed by atoms with Gasteiger partial charge < -0.3 is 43.2 Å². The van der Waals surface area contributed by atoms with Crippen molar-refractivity contribution in [3.05, 3.63) is 118 Å². The van der Waals surface area contributed by atoms with E-state index in [0.29, 0.717) is 59.3 Å². The number of nitrogens with two attached hydrogens (primary N) is 1. The highest BCUT2D eigenvalue weighted by atomic mass is 127. The number of amides is 2. The summed E-state index contributed by atoms with van der Waals surface area (Å²) in [5.41, 5.74) is 10.5. The first-order valence-corrected chi connectivity index (χ1v) is 29.6. The maximum atomic E-state index is 11.5. The molecule has 10 rings (SSSR count). The molecule has 0 spiro atoms. The van der Waals surface area contributed by atoms with Crippen LogP contribution in [-0.2, 0) is 14.0 Å². The van der Waals surface area contributed by atoms with Crippen LogP contribution in [0, 0.1) is 63.3 Å². The normalized spacial score (nSPS) is 21.5. The number of nitrogens with zero attached hydrogens (tertiary/aromatic N) is 8. The minimum absolute atomic E-state index is 0. The summed E-state index contributed by atoms with van der Waals surface area (Å²) >= 11 is 2.30. The number of carbonyl (C=O) groups is 2. The first-order valence-electron chi connectivity index (χ1n) is 25.6. The molecule has 0 bridgehead atoms. The topological polar surface area (TPSA) is 184 Å². The summed E-state index contributed by atoms with van der Waals surface area (Å²) in [4.78, 5) is 35.0. The summed E-state index contributed by atoms with van der Waals surface area (Å²) in [7, 11) is -1.90. The Morgan fingerprint density at radius 1 is 0.816 bits per heavy atom. The second-order valence-corrected chi connectivity index (χ2v) is 27.6. The van der Waals surface area contributed by atoms with Crippen molar-refractivity contribution in [1.82, 2.24) is 39.2 Å². The zero-order valence-electron chi connectivity index (χ0n) is 44.2. The Balaban J connectivity index is 0.000000230. The van der Waals surface area contributed by atoms with Gasteiger partial charge in [-0.05, 0) is 121 Å². The first kappa shape index (κ1) is 59.4. The molecule has 4 aromatic heterocycles. The summed E-state index contributed by atoms with van der Waals surface area (Å²) in [5, 5.41) is 18.7. The Bertz CT molecular complexity index is 2990. The third-order valence-corrected chi connectivity index (χ3v) is 20.9. The Labute approximate surface area is 466 Å². The highest BCUT2D eigenvalue weighted by Gasteiger charge is 2.56. The van der Waals surface area contributed by atoms with Gasteiger partial charge in [0.1, 0.15) is 35.2 Å². The van der Waals surface area contributed by atoms with Crippen LogP contribution in [0.5, 0.6) is 0 Å². The molecule has 2 saturated heterocycles. The van der Waals surface area contributed by atoms with Crippen molar-refractivity contribution >= 4 is 42.7 Å². The van der Waals surface area contributed by atoms with Crippen molar-refractivity contribution in [3.63, 3.8) is 0 Å². The van der Waals surface area contributed by atoms with E-state index in [0.717, 1.165) is 66.6 Å². The average Bonchev–Trinajstić information content (AvgIpc) is 4.08. The van der Waals surface area contributed by atoms with E-state index < -0.39 is 14.4 Å². The van der Waals surface area contributed by atoms with Gasteiger partial charge in [-0.3, -0.25) is 9.59 Å². The van der Waals surface area contributed by atoms with Crippen LogP contribution >= 0.6 is 22.6 Å². The van der Waals surface area contributed by atoms with E-state index in [4.69, 9.17) is 25.6 Å². The van der Waals surface area contributed by atoms with Crippen molar-refractivity contribution in [2.75, 3.05) is 32.7 Å². The van der Waals surface area contributed by atoms with Gasteiger partial charge >= 0.3 is 0 Å². The number of hydrogen-bond donors (Lipinski definition) is 2. The van der Waals surface area contributed by atoms with E-state index in [1.807, 2.05) is 63.2 Å². The number of carbonyl (C=O) groups excluding carboxylic acids is 2. The maximum Gasteiger partial charge on any atom is 0.219 e. The molecule has 17 heteroatoms. The van der Waals surface area contributed by atoms with Gasteiger partial charge in [-0.15, -0.1) is 12.3 Å². The van der Waals surface area contributed by atoms with Crippen LogP contribution in [0.3, 0.4) is 0 Å². The third-order valence-electron chi connectivity index (χ3n) is 15.6. The van der Waals surface area contributed by atoms with Crippen molar-refractivity contribution in [2.24, 2.45) is 41.2 Å². The van der Waals surface area contributed by atoms with Gasteiger partial charge in [-0.25, -0.2) is 9.97 Å². The zero-order valence-corrected chi connectivity index (χ0v) is 47.4. The van der Waals surface area contributed by atoms with Crippen molar-refractivity contribution < 1.29 is 29.6 Å². The van der Waals surface area contributed by atoms with Crippen LogP contribution in [0.2, 0.25) is 18.1 Å². The molecule has 3 N–H and O–H groups in total. The van der Waals surface area contributed by atoms with Gasteiger partial charge in [0.15, 0.2) is 19.8 Å². The zero-order chi connectivity index (χ0) is 53.2. The molecule has 2 amide bonds. The fourth-order valence-corrected chi connectivity index (χ4v) is 11.8. The first-order chi connectivity index (χ1) is 35.2. The lowest BCUT2D eigenvalue weighted by molar-refractivity contribution is -0.129. The monoisotopic (exact) mass is 1170 g/mol. The van der Waals surface area contributed by atoms with E-state index >= 15 is 0 Å². The molecule has 2 saturated carbocycles. The van der Waals surface area contributed by atoms with Crippen LogP contribution in [0.1, 0.15) is 131 Å². The van der Waals surface area contributed by atoms with Gasteiger partial charge in [0.2, 0.25) is 11.8 Å². The van der Waals surface area contributed by atoms with Crippen LogP contribution in [0.15, 0.2) is 94.5 Å². The number of rotatable bonds is 12. The van der Waals surface area contributed by atoms with Gasteiger partial charge in [0, 0.05) is 117 Å². The highest BCUT2D eigenvalue weighted by Crippen LogP contribution is 2.52. The number of imidazole rings is 2. The average molecular weight is 1170 g/mol. The van der Waals surface area contributed by atoms with Gasteiger partial charge in [0.05, 0.1) is 12.1 Å². The smallest absolute Gasteiger partial charge is 0.219 e. The molecule has 408 valence electrons. The largest absolute Gasteiger partial charge is 0.407 e. The molecule has 15 nitrogen and oxygen atoms in total. The van der Waals surface area contributed by atoms with Crippen LogP contribution < -0.4 is 5.73 Å². The second-order valence-electron chi connectivity index (χ2n) is 21.6. The number of piperidine rings is 2. The molecule has 2 aliphatic carbocycles. The minimum atomic E-state index is -1.90. The number of likely N-dealkylation sites (tertiary alicyclic amines) is 2. The summed E-state index contributed by atoms with van der Waals surface area (Å²) in [6.07, 6.45) is 12.7. The molecular weight excluding hydrogens is 1090 g/mol. The van der Waals surface area contributed by atoms with Gasteiger partial charge in [-0.1, -0.05) is 76.8 Å². The van der Waals surface area contributed by atoms with Gasteiger partial charge in [-0.2, -0.15) is 0 Å². The van der Waals surface area contributed by atoms with E-state index in [9.17, 15) is 14.7 Å². The lowest BCUT2D eigenvalue weighted by atomic mass is 10.1. The summed E-state index contributed by atoms with van der Waals surface area (Å²) in [6.45, 7) is 24.3. The molecule has 2 aliphatic heterocycles. The van der Waals surface area contributed by atoms with Crippen LogP contribution in [0.25, 0.3) is 22.6 Å². The predicted molar refractivity (Wildman–Crippen MR) is 311 cm³/mol. The molecule has 10 atom stereocenters. The molecule has 2 unspecified atom stereocenters. The fourth-order valence-electron chi connectivity index (χ4n) is 10.1. The summed E-state index contributed by atoms with van der Waals surface area (Å²) in [6, 6.07) is 19.8. The molecule has 2 aromatic carbocycles. The fraction of sp³-hybridized carbons (Fsp3) is 0.492. The molecular formula is C59H80IN9O6Si. The van der Waals surface area contributed by atoms with Crippen molar-refractivity contribution in [3.8, 4) is 46.8 Å². The standard InChI is InChI=1S/C25H27N5O3.C23H32IN3O2Si.C9H11NO.2CH4.H2/c1-15(31)25-27-9-10-30(25)23(12-26)22-11-24(33-28-22)18-6-3-17(4-7-18)5-8-19-20-13-29(16(2)32)14-21(19)20;1-8-20(19-15-21(28-26-19)17-9-11-18(24)12-10-17)27-14-13-25-22(27)16(2)29-30(6,7)23(3,4)5;1-3-7-8-4-10(6(2)11)5-9(7)8;;;/h3-4,6-7,9-11,15,19-21,23,31H,12-14,26H2,1-2H3;9-16,20H,8H2,1-7H3;1,7-9H,4-5H2,2H3;2*1H4;1H/t15-,19?,20-,21+,23+;16-,20+;7?,8-,9+;;;/m00..../s1.